The minimum atomic E-state index is -1.74. The van der Waals surface area contributed by atoms with Crippen LogP contribution in [0.4, 0.5) is 0 Å². The van der Waals surface area contributed by atoms with Gasteiger partial charge in [0.1, 0.15) is 85.5 Å². The molecule has 0 aromatic heterocycles. The summed E-state index contributed by atoms with van der Waals surface area (Å²) in [7, 11) is 0. The SMILES string of the molecule is C[C@H]1CO[C@@]2(O[C@H]3C[C@H]4[C@@H]5CC=C6C[C@@H](O[C@@H]7O[C@H](CO[C@@H]8O[C@@H](C)[C@H](O[C@@H]9O[C@@H](C)[C@H](O)[C@@H](O)[C@H]9O)[C@@H](O)[C@H]8O)[C@@H](O)[C@H](O)[C@H]7O[C@@H]7O[C@@H](C)[C@H](O)[C@@H](O)[C@H]7O)CC[C@]6(C)[C@H]5CC[C@]4(C)[C@H]3[C@@H]2C)[C@@H](O)C1. The summed E-state index contributed by atoms with van der Waals surface area (Å²) in [5.74, 6) is 1.04. The van der Waals surface area contributed by atoms with Crippen LogP contribution < -0.4 is 0 Å². The monoisotopic (exact) mass is 1030 g/mol. The van der Waals surface area contributed by atoms with Crippen LogP contribution in [0.25, 0.3) is 0 Å². The maximum Gasteiger partial charge on any atom is 0.197 e. The first-order valence-corrected chi connectivity index (χ1v) is 26.7. The minimum absolute atomic E-state index is 0.0298. The molecule has 9 fully saturated rings. The Morgan fingerprint density at radius 2 is 1.21 bits per heavy atom. The largest absolute Gasteiger partial charge is 0.388 e. The summed E-state index contributed by atoms with van der Waals surface area (Å²) in [6, 6.07) is 0. The first-order valence-electron chi connectivity index (χ1n) is 26.7. The lowest BCUT2D eigenvalue weighted by molar-refractivity contribution is -0.377. The Balaban J connectivity index is 0.820. The van der Waals surface area contributed by atoms with Crippen LogP contribution in [-0.4, -0.2) is 216 Å². The molecular weight excluding hydrogens is 949 g/mol. The van der Waals surface area contributed by atoms with Crippen LogP contribution in [0.5, 0.6) is 0 Å². The molecule has 6 saturated heterocycles. The van der Waals surface area contributed by atoms with E-state index in [1.807, 2.05) is 0 Å². The number of allylic oxidation sites excluding steroid dienone is 1. The number of fused-ring (bicyclic) bond motifs is 7. The first kappa shape index (κ1) is 54.3. The summed E-state index contributed by atoms with van der Waals surface area (Å²) >= 11 is 0. The van der Waals surface area contributed by atoms with Crippen LogP contribution in [0.15, 0.2) is 11.6 Å². The van der Waals surface area contributed by atoms with Crippen molar-refractivity contribution in [2.45, 2.75) is 247 Å². The Morgan fingerprint density at radius 1 is 0.597 bits per heavy atom. The molecule has 0 aromatic carbocycles. The molecule has 72 heavy (non-hydrogen) atoms. The summed E-state index contributed by atoms with van der Waals surface area (Å²) in [5, 5.41) is 120. The molecule has 32 atom stereocenters. The van der Waals surface area contributed by atoms with E-state index >= 15 is 0 Å². The first-order chi connectivity index (χ1) is 34.0. The molecule has 6 heterocycles. The van der Waals surface area contributed by atoms with Crippen molar-refractivity contribution in [3.63, 3.8) is 0 Å². The molecule has 10 rings (SSSR count). The van der Waals surface area contributed by atoms with Crippen LogP contribution >= 0.6 is 0 Å². The molecule has 1 spiro atoms. The summed E-state index contributed by atoms with van der Waals surface area (Å²) in [4.78, 5) is 0. The minimum Gasteiger partial charge on any atom is -0.388 e. The second-order valence-corrected chi connectivity index (χ2v) is 24.0. The van der Waals surface area contributed by atoms with Crippen molar-refractivity contribution >= 4 is 0 Å². The van der Waals surface area contributed by atoms with Gasteiger partial charge in [0.15, 0.2) is 30.9 Å². The van der Waals surface area contributed by atoms with Gasteiger partial charge >= 0.3 is 0 Å². The Morgan fingerprint density at radius 3 is 1.86 bits per heavy atom. The van der Waals surface area contributed by atoms with E-state index in [9.17, 15) is 56.2 Å². The maximum absolute atomic E-state index is 11.8. The van der Waals surface area contributed by atoms with Gasteiger partial charge in [0.2, 0.25) is 0 Å². The Kier molecular flexibility index (Phi) is 15.3. The third-order valence-electron chi connectivity index (χ3n) is 19.7. The topological polar surface area (TPSA) is 315 Å². The van der Waals surface area contributed by atoms with E-state index in [-0.39, 0.29) is 34.7 Å². The quantitative estimate of drug-likeness (QED) is 0.124. The Labute approximate surface area is 420 Å². The average molecular weight is 1030 g/mol. The van der Waals surface area contributed by atoms with Crippen molar-refractivity contribution in [3.05, 3.63) is 11.6 Å². The molecule has 4 aliphatic carbocycles. The van der Waals surface area contributed by atoms with Crippen LogP contribution in [0.3, 0.4) is 0 Å². The summed E-state index contributed by atoms with van der Waals surface area (Å²) in [5.41, 5.74) is 1.23. The molecule has 0 radical (unpaired) electrons. The van der Waals surface area contributed by atoms with Gasteiger partial charge in [0, 0.05) is 5.92 Å². The lowest BCUT2D eigenvalue weighted by atomic mass is 9.47. The highest BCUT2D eigenvalue weighted by Crippen LogP contribution is 2.71. The molecule has 21 heteroatoms. The number of hydrogen-bond donors (Lipinski definition) is 11. The predicted molar refractivity (Wildman–Crippen MR) is 245 cm³/mol. The normalized spacial score (nSPS) is 58.8. The van der Waals surface area contributed by atoms with E-state index in [1.54, 1.807) is 0 Å². The molecular formula is C51H82O21. The van der Waals surface area contributed by atoms with Gasteiger partial charge in [0.25, 0.3) is 0 Å². The average Bonchev–Trinajstić information content (AvgIpc) is 3.81. The molecule has 412 valence electrons. The zero-order valence-electron chi connectivity index (χ0n) is 42.4. The van der Waals surface area contributed by atoms with Gasteiger partial charge in [0.05, 0.1) is 43.7 Å². The van der Waals surface area contributed by atoms with Crippen molar-refractivity contribution < 1.29 is 104 Å². The highest BCUT2D eigenvalue weighted by Gasteiger charge is 2.70. The smallest absolute Gasteiger partial charge is 0.197 e. The third-order valence-corrected chi connectivity index (χ3v) is 19.7. The van der Waals surface area contributed by atoms with Crippen LogP contribution in [0.2, 0.25) is 0 Å². The van der Waals surface area contributed by atoms with Gasteiger partial charge in [-0.1, -0.05) is 39.3 Å². The molecule has 21 nitrogen and oxygen atoms in total. The van der Waals surface area contributed by atoms with E-state index in [2.05, 4.69) is 33.8 Å². The molecule has 0 bridgehead atoms. The van der Waals surface area contributed by atoms with Crippen molar-refractivity contribution in [1.29, 1.82) is 0 Å². The van der Waals surface area contributed by atoms with E-state index < -0.39 is 147 Å². The fourth-order valence-electron chi connectivity index (χ4n) is 15.5. The molecule has 0 amide bonds. The summed E-state index contributed by atoms with van der Waals surface area (Å²) in [6.45, 7) is 13.7. The van der Waals surface area contributed by atoms with Gasteiger partial charge in [-0.2, -0.15) is 0 Å². The highest BCUT2D eigenvalue weighted by atomic mass is 16.8. The van der Waals surface area contributed by atoms with Crippen molar-refractivity contribution in [2.75, 3.05) is 13.2 Å². The summed E-state index contributed by atoms with van der Waals surface area (Å²) in [6.07, 6.45) is -21.3. The lowest BCUT2D eigenvalue weighted by Crippen LogP contribution is -2.65. The van der Waals surface area contributed by atoms with Crippen LogP contribution in [-0.2, 0) is 47.4 Å². The Hall–Kier alpha value is -1.10. The van der Waals surface area contributed by atoms with E-state index in [1.165, 1.54) is 26.3 Å². The number of aliphatic hydroxyl groups is 11. The maximum atomic E-state index is 11.8. The van der Waals surface area contributed by atoms with Crippen LogP contribution in [0.1, 0.15) is 99.8 Å². The predicted octanol–water partition coefficient (Wildman–Crippen LogP) is -0.936. The lowest BCUT2D eigenvalue weighted by Gasteiger charge is -2.59. The number of aliphatic hydroxyl groups excluding tert-OH is 11. The molecule has 3 saturated carbocycles. The third kappa shape index (κ3) is 9.00. The molecule has 0 unspecified atom stereocenters. The molecule has 0 aromatic rings. The Bertz CT molecular complexity index is 1930. The highest BCUT2D eigenvalue weighted by molar-refractivity contribution is 5.27. The molecule has 11 N–H and O–H groups in total. The number of hydrogen-bond acceptors (Lipinski definition) is 21. The molecule has 6 aliphatic heterocycles. The molecule has 10 aliphatic rings. The van der Waals surface area contributed by atoms with E-state index in [0.717, 1.165) is 32.1 Å². The van der Waals surface area contributed by atoms with E-state index in [4.69, 9.17) is 47.4 Å². The van der Waals surface area contributed by atoms with Gasteiger partial charge in [-0.25, -0.2) is 0 Å². The standard InChI is InChI=1S/C51H82O21/c1-19-14-31(52)51(64-17-19)20(2)32-29(72-51)16-28-26-9-8-24-15-25(10-12-49(24,6)27(26)11-13-50(28,32)7)68-48-44(71-47-41(61)37(57)34(54)22(4)66-47)38(58)35(55)30(69-48)18-63-45-42(62)39(59)43(23(5)67-45)70-46-40(60)36(56)33(53)21(3)65-46/h8,19-23,25-48,52-62H,9-18H2,1-7H3/t19-,20+,21+,22+,23+,25+,26-,27+,28+,29+,30-,31+,32+,33+,34+,35-,36-,37-,38+,39+,40-,41-,42-,43+,44-,45-,46+,47+,48-,49+,50+,51+/m1/s1. The number of rotatable bonds is 9. The van der Waals surface area contributed by atoms with Crippen molar-refractivity contribution in [1.82, 2.24) is 0 Å². The number of ether oxygens (including phenoxy) is 10. The zero-order chi connectivity index (χ0) is 51.7. The van der Waals surface area contributed by atoms with Gasteiger partial charge < -0.3 is 104 Å². The van der Waals surface area contributed by atoms with E-state index in [0.29, 0.717) is 43.6 Å². The second-order valence-electron chi connectivity index (χ2n) is 24.0. The van der Waals surface area contributed by atoms with Gasteiger partial charge in [-0.05, 0) is 113 Å². The summed E-state index contributed by atoms with van der Waals surface area (Å²) < 4.78 is 61.4. The fourth-order valence-corrected chi connectivity index (χ4v) is 15.5. The fraction of sp³-hybridized carbons (Fsp3) is 0.961. The van der Waals surface area contributed by atoms with Crippen molar-refractivity contribution in [3.8, 4) is 0 Å². The van der Waals surface area contributed by atoms with Gasteiger partial charge in [-0.3, -0.25) is 0 Å². The van der Waals surface area contributed by atoms with Crippen LogP contribution in [0, 0.1) is 46.3 Å². The second kappa shape index (κ2) is 20.3. The zero-order valence-corrected chi connectivity index (χ0v) is 42.4. The van der Waals surface area contributed by atoms with Gasteiger partial charge in [-0.15, -0.1) is 0 Å². The van der Waals surface area contributed by atoms with Crippen molar-refractivity contribution in [2.24, 2.45) is 46.3 Å².